The highest BCUT2D eigenvalue weighted by Gasteiger charge is 2.33. The van der Waals surface area contributed by atoms with Crippen molar-refractivity contribution >= 4 is 17.5 Å². The number of aryl methyl sites for hydroxylation is 1. The molecule has 2 aromatic heterocycles. The molecule has 1 amide bonds. The summed E-state index contributed by atoms with van der Waals surface area (Å²) in [4.78, 5) is 24.0. The summed E-state index contributed by atoms with van der Waals surface area (Å²) in [6.45, 7) is 5.97. The van der Waals surface area contributed by atoms with E-state index in [1.807, 2.05) is 31.0 Å². The second-order valence-corrected chi connectivity index (χ2v) is 10.3. The minimum absolute atomic E-state index is 0.0342. The molecule has 1 aliphatic heterocycles. The van der Waals surface area contributed by atoms with Crippen LogP contribution in [0.2, 0.25) is 0 Å². The molecule has 9 heteroatoms. The Morgan fingerprint density at radius 3 is 2.92 bits per heavy atom. The summed E-state index contributed by atoms with van der Waals surface area (Å²) in [5.41, 5.74) is 5.27. The lowest BCUT2D eigenvalue weighted by atomic mass is 9.88. The Morgan fingerprint density at radius 1 is 1.24 bits per heavy atom. The Morgan fingerprint density at radius 2 is 2.11 bits per heavy atom. The number of benzene rings is 1. The van der Waals surface area contributed by atoms with Crippen molar-refractivity contribution in [2.45, 2.75) is 70.6 Å². The summed E-state index contributed by atoms with van der Waals surface area (Å²) in [6, 6.07) is 8.46. The van der Waals surface area contributed by atoms with E-state index < -0.39 is 0 Å². The number of rotatable bonds is 9. The first-order chi connectivity index (χ1) is 18.0. The monoisotopic (exact) mass is 504 g/mol. The molecule has 3 aromatic rings. The van der Waals surface area contributed by atoms with Gasteiger partial charge in [0, 0.05) is 37.5 Å². The molecule has 9 nitrogen and oxygen atoms in total. The zero-order valence-electron chi connectivity index (χ0n) is 21.6. The third-order valence-electron chi connectivity index (χ3n) is 7.09. The maximum absolute atomic E-state index is 13.0. The van der Waals surface area contributed by atoms with Gasteiger partial charge in [0.1, 0.15) is 0 Å². The van der Waals surface area contributed by atoms with Crippen LogP contribution in [0, 0.1) is 0 Å². The quantitative estimate of drug-likeness (QED) is 0.426. The number of ether oxygens (including phenoxy) is 1. The highest BCUT2D eigenvalue weighted by atomic mass is 16.5. The number of nitrogens with one attached hydrogen (secondary N) is 1. The molecule has 2 aliphatic rings. The Labute approximate surface area is 217 Å². The first kappa shape index (κ1) is 25.4. The first-order valence-electron chi connectivity index (χ1n) is 13.3. The zero-order chi connectivity index (χ0) is 25.8. The van der Waals surface area contributed by atoms with E-state index in [2.05, 4.69) is 33.6 Å². The topological polar surface area (TPSA) is 105 Å². The van der Waals surface area contributed by atoms with Gasteiger partial charge in [-0.15, -0.1) is 0 Å². The van der Waals surface area contributed by atoms with Crippen molar-refractivity contribution in [3.05, 3.63) is 54.0 Å². The predicted molar refractivity (Wildman–Crippen MR) is 142 cm³/mol. The molecule has 5 rings (SSSR count). The van der Waals surface area contributed by atoms with Crippen molar-refractivity contribution < 1.29 is 14.6 Å². The Balaban J connectivity index is 1.28. The lowest BCUT2D eigenvalue weighted by Gasteiger charge is -2.40. The predicted octanol–water partition coefficient (Wildman–Crippen LogP) is 3.91. The molecule has 1 atom stereocenters. The average Bonchev–Trinajstić information content (AvgIpc) is 3.19. The number of nitrogens with zero attached hydrogens (tertiary/aromatic N) is 5. The summed E-state index contributed by atoms with van der Waals surface area (Å²) < 4.78 is 7.48. The molecule has 0 saturated carbocycles. The molecule has 196 valence electrons. The van der Waals surface area contributed by atoms with Crippen molar-refractivity contribution in [2.24, 2.45) is 0 Å². The lowest BCUT2D eigenvalue weighted by Crippen LogP contribution is -2.55. The van der Waals surface area contributed by atoms with E-state index in [-0.39, 0.29) is 30.6 Å². The molecule has 2 N–H and O–H groups in total. The molecule has 0 unspecified atom stereocenters. The van der Waals surface area contributed by atoms with Crippen LogP contribution in [0.1, 0.15) is 56.6 Å². The third-order valence-corrected chi connectivity index (χ3v) is 7.09. The van der Waals surface area contributed by atoms with E-state index >= 15 is 0 Å². The van der Waals surface area contributed by atoms with Crippen LogP contribution in [-0.4, -0.2) is 67.6 Å². The van der Waals surface area contributed by atoms with Crippen molar-refractivity contribution in [3.8, 4) is 11.3 Å². The highest BCUT2D eigenvalue weighted by Crippen LogP contribution is 2.36. The molecule has 1 fully saturated rings. The molecule has 1 saturated heterocycles. The number of carbonyl (C=O) groups is 1. The summed E-state index contributed by atoms with van der Waals surface area (Å²) in [5, 5.41) is 16.5. The third kappa shape index (κ3) is 6.17. The van der Waals surface area contributed by atoms with Gasteiger partial charge in [-0.1, -0.05) is 18.6 Å². The number of anilines is 2. The van der Waals surface area contributed by atoms with Gasteiger partial charge in [-0.2, -0.15) is 5.10 Å². The summed E-state index contributed by atoms with van der Waals surface area (Å²) in [5.74, 6) is 0.982. The molecule has 3 heterocycles. The van der Waals surface area contributed by atoms with E-state index in [9.17, 15) is 4.79 Å². The fourth-order valence-electron chi connectivity index (χ4n) is 5.27. The molecule has 0 spiro atoms. The van der Waals surface area contributed by atoms with Crippen molar-refractivity contribution in [3.63, 3.8) is 0 Å². The summed E-state index contributed by atoms with van der Waals surface area (Å²) in [6.07, 6.45) is 10.5. The van der Waals surface area contributed by atoms with Gasteiger partial charge in [-0.3, -0.25) is 9.48 Å². The molecule has 0 bridgehead atoms. The van der Waals surface area contributed by atoms with Gasteiger partial charge >= 0.3 is 0 Å². The summed E-state index contributed by atoms with van der Waals surface area (Å²) >= 11 is 0. The van der Waals surface area contributed by atoms with Gasteiger partial charge < -0.3 is 20.1 Å². The van der Waals surface area contributed by atoms with Gasteiger partial charge in [0.2, 0.25) is 11.9 Å². The van der Waals surface area contributed by atoms with Crippen LogP contribution in [0.25, 0.3) is 11.3 Å². The lowest BCUT2D eigenvalue weighted by molar-refractivity contribution is -0.148. The second kappa shape index (κ2) is 11.4. The van der Waals surface area contributed by atoms with Crippen molar-refractivity contribution in [1.29, 1.82) is 0 Å². The van der Waals surface area contributed by atoms with Gasteiger partial charge in [0.15, 0.2) is 0 Å². The number of likely N-dealkylation sites (tertiary alicyclic amines) is 1. The van der Waals surface area contributed by atoms with E-state index in [0.29, 0.717) is 32.0 Å². The molecule has 1 aromatic carbocycles. The molecular formula is C28H36N6O3. The van der Waals surface area contributed by atoms with Crippen LogP contribution in [0.4, 0.5) is 11.6 Å². The standard InChI is InChI=1S/C28H36N6O3/c1-19(2)37-24-17-33(18-24)27(36)14-21-6-4-3-5-20-13-22(7-8-25(20)21)26-9-10-29-28(32-26)31-23-15-30-34(16-23)11-12-35/h7-10,13,15-16,19,21,24,35H,3-6,11-12,14,17-18H2,1-2H3,(H,29,31,32)/t21-/m1/s1. The van der Waals surface area contributed by atoms with Crippen molar-refractivity contribution in [1.82, 2.24) is 24.6 Å². The SMILES string of the molecule is CC(C)OC1CN(C(=O)C[C@H]2CCCCc3cc(-c4ccnc(Nc5cnn(CCO)c5)n4)ccc32)C1. The number of hydrogen-bond donors (Lipinski definition) is 2. The normalized spacial score (nSPS) is 17.8. The van der Waals surface area contributed by atoms with Gasteiger partial charge in [-0.05, 0) is 62.3 Å². The number of aliphatic hydroxyl groups is 1. The average molecular weight is 505 g/mol. The van der Waals surface area contributed by atoms with Gasteiger partial charge in [0.25, 0.3) is 0 Å². The fourth-order valence-corrected chi connectivity index (χ4v) is 5.27. The minimum atomic E-state index is 0.0342. The van der Waals surface area contributed by atoms with Crippen LogP contribution >= 0.6 is 0 Å². The van der Waals surface area contributed by atoms with Crippen LogP contribution in [0.15, 0.2) is 42.9 Å². The maximum Gasteiger partial charge on any atom is 0.227 e. The molecular weight excluding hydrogens is 468 g/mol. The second-order valence-electron chi connectivity index (χ2n) is 10.3. The first-order valence-corrected chi connectivity index (χ1v) is 13.3. The molecule has 1 aliphatic carbocycles. The van der Waals surface area contributed by atoms with E-state index in [1.165, 1.54) is 11.1 Å². The number of hydrogen-bond acceptors (Lipinski definition) is 7. The van der Waals surface area contributed by atoms with Gasteiger partial charge in [-0.25, -0.2) is 9.97 Å². The number of amides is 1. The Kier molecular flexibility index (Phi) is 7.81. The van der Waals surface area contributed by atoms with E-state index in [4.69, 9.17) is 14.8 Å². The number of aromatic nitrogens is 4. The number of carbonyl (C=O) groups excluding carboxylic acids is 1. The van der Waals surface area contributed by atoms with Crippen LogP contribution < -0.4 is 5.32 Å². The molecule has 37 heavy (non-hydrogen) atoms. The fraction of sp³-hybridized carbons (Fsp3) is 0.500. The van der Waals surface area contributed by atoms with Crippen LogP contribution in [0.5, 0.6) is 0 Å². The number of aliphatic hydroxyl groups excluding tert-OH is 1. The largest absolute Gasteiger partial charge is 0.394 e. The smallest absolute Gasteiger partial charge is 0.227 e. The van der Waals surface area contributed by atoms with E-state index in [1.54, 1.807) is 17.1 Å². The zero-order valence-corrected chi connectivity index (χ0v) is 21.6. The van der Waals surface area contributed by atoms with Crippen LogP contribution in [0.3, 0.4) is 0 Å². The summed E-state index contributed by atoms with van der Waals surface area (Å²) in [7, 11) is 0. The highest BCUT2D eigenvalue weighted by molar-refractivity contribution is 5.78. The van der Waals surface area contributed by atoms with Crippen molar-refractivity contribution in [2.75, 3.05) is 25.0 Å². The minimum Gasteiger partial charge on any atom is -0.394 e. The Bertz CT molecular complexity index is 1220. The van der Waals surface area contributed by atoms with E-state index in [0.717, 1.165) is 42.6 Å². The maximum atomic E-state index is 13.0. The Hall–Kier alpha value is -3.30. The number of fused-ring (bicyclic) bond motifs is 1. The molecule has 0 radical (unpaired) electrons. The van der Waals surface area contributed by atoms with Crippen LogP contribution in [-0.2, 0) is 22.5 Å². The van der Waals surface area contributed by atoms with Gasteiger partial charge in [0.05, 0.1) is 42.9 Å².